The molecule has 0 saturated heterocycles. The van der Waals surface area contributed by atoms with Crippen molar-refractivity contribution in [2.45, 2.75) is 5.92 Å². The van der Waals surface area contributed by atoms with Crippen LogP contribution in [0.25, 0.3) is 11.3 Å². The molecular weight excluding hydrogens is 198 g/mol. The number of rotatable bonds is 2. The third-order valence-electron chi connectivity index (χ3n) is 2.41. The quantitative estimate of drug-likeness (QED) is 0.822. The number of hydrogen-bond donors (Lipinski definition) is 1. The van der Waals surface area contributed by atoms with E-state index >= 15 is 0 Å². The van der Waals surface area contributed by atoms with Crippen LogP contribution in [0.4, 0.5) is 0 Å². The van der Waals surface area contributed by atoms with E-state index in [9.17, 15) is 0 Å². The summed E-state index contributed by atoms with van der Waals surface area (Å²) in [6.45, 7) is 0. The molecule has 3 heteroatoms. The number of benzene rings is 1. The van der Waals surface area contributed by atoms with Gasteiger partial charge in [-0.05, 0) is 11.6 Å². The molecule has 1 aromatic heterocycles. The van der Waals surface area contributed by atoms with E-state index in [0.29, 0.717) is 0 Å². The summed E-state index contributed by atoms with van der Waals surface area (Å²) in [5, 5.41) is 17.8. The summed E-state index contributed by atoms with van der Waals surface area (Å²) >= 11 is 0. The summed E-state index contributed by atoms with van der Waals surface area (Å²) in [5.74, 6) is -0.721. The number of nitriles is 2. The molecular formula is C13H9N3. The molecule has 2 rings (SSSR count). The summed E-state index contributed by atoms with van der Waals surface area (Å²) in [5.41, 5.74) is 2.56. The Morgan fingerprint density at radius 2 is 1.69 bits per heavy atom. The van der Waals surface area contributed by atoms with Gasteiger partial charge in [0, 0.05) is 11.8 Å². The van der Waals surface area contributed by atoms with Crippen molar-refractivity contribution in [3.63, 3.8) is 0 Å². The van der Waals surface area contributed by atoms with Crippen LogP contribution in [0.2, 0.25) is 0 Å². The van der Waals surface area contributed by atoms with E-state index in [1.807, 2.05) is 42.5 Å². The maximum Gasteiger partial charge on any atom is 0.160 e. The van der Waals surface area contributed by atoms with Gasteiger partial charge in [0.15, 0.2) is 5.92 Å². The van der Waals surface area contributed by atoms with E-state index in [0.717, 1.165) is 16.8 Å². The SMILES string of the molecule is N#CC(C#N)c1cc[nH]c1-c1ccccc1. The smallest absolute Gasteiger partial charge is 0.160 e. The van der Waals surface area contributed by atoms with Crippen molar-refractivity contribution < 1.29 is 0 Å². The van der Waals surface area contributed by atoms with E-state index in [1.165, 1.54) is 0 Å². The van der Waals surface area contributed by atoms with Crippen molar-refractivity contribution in [2.24, 2.45) is 0 Å². The van der Waals surface area contributed by atoms with Crippen LogP contribution in [0.5, 0.6) is 0 Å². The Bertz CT molecular complexity index is 541. The summed E-state index contributed by atoms with van der Waals surface area (Å²) < 4.78 is 0. The lowest BCUT2D eigenvalue weighted by Crippen LogP contribution is -1.92. The van der Waals surface area contributed by atoms with Gasteiger partial charge >= 0.3 is 0 Å². The molecule has 0 radical (unpaired) electrons. The topological polar surface area (TPSA) is 63.4 Å². The van der Waals surface area contributed by atoms with Gasteiger partial charge in [-0.2, -0.15) is 10.5 Å². The molecule has 0 spiro atoms. The summed E-state index contributed by atoms with van der Waals surface area (Å²) in [7, 11) is 0. The Kier molecular flexibility index (Phi) is 2.71. The van der Waals surface area contributed by atoms with E-state index in [2.05, 4.69) is 4.98 Å². The highest BCUT2D eigenvalue weighted by molar-refractivity contribution is 5.65. The van der Waals surface area contributed by atoms with Crippen molar-refractivity contribution in [3.8, 4) is 23.4 Å². The van der Waals surface area contributed by atoms with Gasteiger partial charge in [0.2, 0.25) is 0 Å². The fourth-order valence-electron chi connectivity index (χ4n) is 1.64. The molecule has 0 atom stereocenters. The number of nitrogens with one attached hydrogen (secondary N) is 1. The average Bonchev–Trinajstić information content (AvgIpc) is 2.81. The minimum atomic E-state index is -0.721. The van der Waals surface area contributed by atoms with Crippen LogP contribution in [0.3, 0.4) is 0 Å². The number of aromatic amines is 1. The molecule has 1 heterocycles. The van der Waals surface area contributed by atoms with Crippen LogP contribution in [0, 0.1) is 22.7 Å². The normalized spacial score (nSPS) is 9.69. The molecule has 0 aliphatic rings. The van der Waals surface area contributed by atoms with Crippen molar-refractivity contribution >= 4 is 0 Å². The standard InChI is InChI=1S/C13H9N3/c14-8-11(9-15)12-6-7-16-13(12)10-4-2-1-3-5-10/h1-7,11,16H. The van der Waals surface area contributed by atoms with Gasteiger partial charge in [0.25, 0.3) is 0 Å². The Morgan fingerprint density at radius 3 is 2.31 bits per heavy atom. The molecule has 0 bridgehead atoms. The Hall–Kier alpha value is -2.52. The molecule has 76 valence electrons. The molecule has 0 unspecified atom stereocenters. The van der Waals surface area contributed by atoms with E-state index < -0.39 is 5.92 Å². The van der Waals surface area contributed by atoms with E-state index in [-0.39, 0.29) is 0 Å². The maximum atomic E-state index is 8.88. The van der Waals surface area contributed by atoms with Gasteiger partial charge in [-0.25, -0.2) is 0 Å². The first-order valence-corrected chi connectivity index (χ1v) is 4.88. The largest absolute Gasteiger partial charge is 0.361 e. The van der Waals surface area contributed by atoms with Crippen LogP contribution in [-0.4, -0.2) is 4.98 Å². The summed E-state index contributed by atoms with van der Waals surface area (Å²) in [4.78, 5) is 3.07. The zero-order chi connectivity index (χ0) is 11.4. The fraction of sp³-hybridized carbons (Fsp3) is 0.0769. The summed E-state index contributed by atoms with van der Waals surface area (Å²) in [6.07, 6.45) is 1.75. The number of H-pyrrole nitrogens is 1. The van der Waals surface area contributed by atoms with Crippen molar-refractivity contribution in [1.29, 1.82) is 10.5 Å². The molecule has 0 saturated carbocycles. The lowest BCUT2D eigenvalue weighted by atomic mass is 9.99. The number of aromatic nitrogens is 1. The third kappa shape index (κ3) is 1.67. The molecule has 0 amide bonds. The maximum absolute atomic E-state index is 8.88. The van der Waals surface area contributed by atoms with Crippen LogP contribution >= 0.6 is 0 Å². The predicted molar refractivity (Wildman–Crippen MR) is 60.2 cm³/mol. The predicted octanol–water partition coefficient (Wildman–Crippen LogP) is 2.81. The molecule has 1 aromatic carbocycles. The molecule has 3 nitrogen and oxygen atoms in total. The van der Waals surface area contributed by atoms with Crippen LogP contribution in [-0.2, 0) is 0 Å². The van der Waals surface area contributed by atoms with Crippen molar-refractivity contribution in [1.82, 2.24) is 4.98 Å². The molecule has 2 aromatic rings. The zero-order valence-corrected chi connectivity index (χ0v) is 8.51. The average molecular weight is 207 g/mol. The Labute approximate surface area is 93.6 Å². The second-order valence-electron chi connectivity index (χ2n) is 3.37. The number of nitrogens with zero attached hydrogens (tertiary/aromatic N) is 2. The van der Waals surface area contributed by atoms with Gasteiger partial charge in [-0.15, -0.1) is 0 Å². The third-order valence-corrected chi connectivity index (χ3v) is 2.41. The van der Waals surface area contributed by atoms with Crippen LogP contribution in [0.1, 0.15) is 11.5 Å². The second-order valence-corrected chi connectivity index (χ2v) is 3.37. The van der Waals surface area contributed by atoms with Gasteiger partial charge < -0.3 is 4.98 Å². The second kappa shape index (κ2) is 4.33. The van der Waals surface area contributed by atoms with Gasteiger partial charge in [-0.3, -0.25) is 0 Å². The van der Waals surface area contributed by atoms with Crippen LogP contribution in [0.15, 0.2) is 42.6 Å². The first-order chi connectivity index (χ1) is 7.86. The van der Waals surface area contributed by atoms with Crippen LogP contribution < -0.4 is 0 Å². The van der Waals surface area contributed by atoms with Crippen molar-refractivity contribution in [2.75, 3.05) is 0 Å². The molecule has 0 aliphatic heterocycles. The van der Waals surface area contributed by atoms with Crippen molar-refractivity contribution in [3.05, 3.63) is 48.2 Å². The van der Waals surface area contributed by atoms with Gasteiger partial charge in [0.05, 0.1) is 17.8 Å². The summed E-state index contributed by atoms with van der Waals surface area (Å²) in [6, 6.07) is 15.4. The first kappa shape index (κ1) is 10.0. The first-order valence-electron chi connectivity index (χ1n) is 4.88. The lowest BCUT2D eigenvalue weighted by Gasteiger charge is -2.03. The lowest BCUT2D eigenvalue weighted by molar-refractivity contribution is 1.11. The van der Waals surface area contributed by atoms with Gasteiger partial charge in [-0.1, -0.05) is 30.3 Å². The highest BCUT2D eigenvalue weighted by Gasteiger charge is 2.15. The minimum Gasteiger partial charge on any atom is -0.361 e. The monoisotopic (exact) mass is 207 g/mol. The molecule has 1 N–H and O–H groups in total. The zero-order valence-electron chi connectivity index (χ0n) is 8.51. The Morgan fingerprint density at radius 1 is 1.00 bits per heavy atom. The van der Waals surface area contributed by atoms with E-state index in [4.69, 9.17) is 10.5 Å². The molecule has 0 aliphatic carbocycles. The van der Waals surface area contributed by atoms with E-state index in [1.54, 1.807) is 12.3 Å². The fourth-order valence-corrected chi connectivity index (χ4v) is 1.64. The Balaban J connectivity index is 2.50. The van der Waals surface area contributed by atoms with Gasteiger partial charge in [0.1, 0.15) is 0 Å². The minimum absolute atomic E-state index is 0.721. The highest BCUT2D eigenvalue weighted by Crippen LogP contribution is 2.27. The molecule has 16 heavy (non-hydrogen) atoms. The number of hydrogen-bond acceptors (Lipinski definition) is 2. The highest BCUT2D eigenvalue weighted by atomic mass is 14.7. The molecule has 0 fully saturated rings.